The van der Waals surface area contributed by atoms with Crippen LogP contribution in [0.1, 0.15) is 32.4 Å². The lowest BCUT2D eigenvalue weighted by atomic mass is 9.85. The quantitative estimate of drug-likeness (QED) is 0.769. The van der Waals surface area contributed by atoms with E-state index >= 15 is 0 Å². The summed E-state index contributed by atoms with van der Waals surface area (Å²) in [6.45, 7) is 3.81. The van der Waals surface area contributed by atoms with Gasteiger partial charge in [-0.05, 0) is 26.7 Å². The predicted octanol–water partition coefficient (Wildman–Crippen LogP) is 0.590. The van der Waals surface area contributed by atoms with Crippen molar-refractivity contribution in [1.29, 1.82) is 0 Å². The molecule has 5 heteroatoms. The van der Waals surface area contributed by atoms with E-state index in [0.29, 0.717) is 0 Å². The van der Waals surface area contributed by atoms with Crippen LogP contribution in [0.25, 0.3) is 0 Å². The number of carbonyl (C=O) groups is 1. The third-order valence-corrected chi connectivity index (χ3v) is 3.77. The van der Waals surface area contributed by atoms with E-state index in [1.165, 1.54) is 0 Å². The maximum absolute atomic E-state index is 12.4. The lowest BCUT2D eigenvalue weighted by Gasteiger charge is -2.39. The second-order valence-electron chi connectivity index (χ2n) is 5.41. The summed E-state index contributed by atoms with van der Waals surface area (Å²) in [5.41, 5.74) is 6.01. The maximum Gasteiger partial charge on any atom is 0.240 e. The lowest BCUT2D eigenvalue weighted by molar-refractivity contribution is -0.123. The normalized spacial score (nSPS) is 30.1. The fourth-order valence-electron chi connectivity index (χ4n) is 2.63. The second-order valence-corrected chi connectivity index (χ2v) is 5.41. The minimum atomic E-state index is -0.566. The number of hydrogen-bond acceptors (Lipinski definition) is 4. The molecule has 1 aromatic heterocycles. The Morgan fingerprint density at radius 2 is 2.00 bits per heavy atom. The van der Waals surface area contributed by atoms with Crippen LogP contribution in [0.4, 0.5) is 5.82 Å². The van der Waals surface area contributed by atoms with Gasteiger partial charge in [-0.25, -0.2) is 4.98 Å². The average Bonchev–Trinajstić information content (AvgIpc) is 2.45. The molecule has 0 atom stereocenters. The largest absolute Gasteiger partial charge is 0.328 e. The van der Waals surface area contributed by atoms with E-state index in [1.807, 2.05) is 13.8 Å². The van der Waals surface area contributed by atoms with Crippen LogP contribution >= 0.6 is 0 Å². The molecular weight excluding hydrogens is 216 g/mol. The van der Waals surface area contributed by atoms with Crippen LogP contribution in [0, 0.1) is 0 Å². The van der Waals surface area contributed by atoms with Crippen LogP contribution in [0.3, 0.4) is 0 Å². The molecule has 2 aliphatic rings. The molecule has 1 aliphatic carbocycles. The molecule has 1 fully saturated rings. The molecule has 1 aliphatic heterocycles. The molecule has 0 radical (unpaired) electrons. The molecule has 90 valence electrons. The van der Waals surface area contributed by atoms with Crippen LogP contribution in [0.15, 0.2) is 12.4 Å². The number of fused-ring (bicyclic) bond motifs is 1. The van der Waals surface area contributed by atoms with Crippen molar-refractivity contribution in [3.05, 3.63) is 18.1 Å². The molecule has 1 aromatic rings. The maximum atomic E-state index is 12.4. The van der Waals surface area contributed by atoms with E-state index in [2.05, 4.69) is 9.97 Å². The fourth-order valence-corrected chi connectivity index (χ4v) is 2.63. The van der Waals surface area contributed by atoms with Gasteiger partial charge in [-0.1, -0.05) is 0 Å². The first-order valence-corrected chi connectivity index (χ1v) is 5.92. The molecule has 3 rings (SSSR count). The van der Waals surface area contributed by atoms with Crippen molar-refractivity contribution < 1.29 is 4.79 Å². The summed E-state index contributed by atoms with van der Waals surface area (Å²) in [4.78, 5) is 22.9. The Balaban J connectivity index is 2.04. The van der Waals surface area contributed by atoms with Crippen molar-refractivity contribution in [3.63, 3.8) is 0 Å². The van der Waals surface area contributed by atoms with E-state index in [0.717, 1.165) is 24.4 Å². The van der Waals surface area contributed by atoms with Gasteiger partial charge in [-0.15, -0.1) is 0 Å². The summed E-state index contributed by atoms with van der Waals surface area (Å²) in [7, 11) is 0. The Morgan fingerprint density at radius 3 is 2.65 bits per heavy atom. The van der Waals surface area contributed by atoms with Gasteiger partial charge >= 0.3 is 0 Å². The highest BCUT2D eigenvalue weighted by molar-refractivity contribution is 6.06. The van der Waals surface area contributed by atoms with Gasteiger partial charge in [0.25, 0.3) is 0 Å². The van der Waals surface area contributed by atoms with Gasteiger partial charge in [0.1, 0.15) is 0 Å². The molecular formula is C12H16N4O. The number of aromatic nitrogens is 2. The smallest absolute Gasteiger partial charge is 0.240 e. The first kappa shape index (κ1) is 10.7. The molecule has 1 amide bonds. The average molecular weight is 232 g/mol. The van der Waals surface area contributed by atoms with E-state index in [-0.39, 0.29) is 18.0 Å². The highest BCUT2D eigenvalue weighted by Gasteiger charge is 2.50. The number of carbonyl (C=O) groups excluding carboxylic acids is 1. The summed E-state index contributed by atoms with van der Waals surface area (Å²) < 4.78 is 0. The van der Waals surface area contributed by atoms with Gasteiger partial charge in [0.15, 0.2) is 5.82 Å². The van der Waals surface area contributed by atoms with Crippen molar-refractivity contribution in [2.75, 3.05) is 4.90 Å². The topological polar surface area (TPSA) is 72.1 Å². The van der Waals surface area contributed by atoms with E-state index in [4.69, 9.17) is 5.73 Å². The Morgan fingerprint density at radius 1 is 1.35 bits per heavy atom. The number of nitrogens with two attached hydrogens (primary N) is 1. The minimum Gasteiger partial charge on any atom is -0.328 e. The Labute approximate surface area is 100 Å². The van der Waals surface area contributed by atoms with Gasteiger partial charge < -0.3 is 5.73 Å². The molecule has 0 bridgehead atoms. The van der Waals surface area contributed by atoms with Crippen LogP contribution in [-0.2, 0) is 10.2 Å². The number of rotatable bonds is 1. The Bertz CT molecular complexity index is 479. The van der Waals surface area contributed by atoms with Gasteiger partial charge in [0.2, 0.25) is 5.91 Å². The summed E-state index contributed by atoms with van der Waals surface area (Å²) in [6.07, 6.45) is 5.00. The highest BCUT2D eigenvalue weighted by Crippen LogP contribution is 2.42. The SMILES string of the molecule is CC1(C)C(=O)N(C2CC(N)C2)c2nccnc21. The summed E-state index contributed by atoms with van der Waals surface area (Å²) in [6, 6.07) is 0.423. The summed E-state index contributed by atoms with van der Waals surface area (Å²) in [5.74, 6) is 0.815. The van der Waals surface area contributed by atoms with Crippen LogP contribution in [-0.4, -0.2) is 28.0 Å². The fraction of sp³-hybridized carbons (Fsp3) is 0.583. The first-order chi connectivity index (χ1) is 8.01. The molecule has 2 heterocycles. The van der Waals surface area contributed by atoms with Gasteiger partial charge in [0, 0.05) is 24.5 Å². The summed E-state index contributed by atoms with van der Waals surface area (Å²) in [5, 5.41) is 0. The number of amides is 1. The summed E-state index contributed by atoms with van der Waals surface area (Å²) >= 11 is 0. The third kappa shape index (κ3) is 1.32. The zero-order valence-electron chi connectivity index (χ0n) is 10.1. The van der Waals surface area contributed by atoms with Gasteiger partial charge in [-0.2, -0.15) is 0 Å². The van der Waals surface area contributed by atoms with Crippen molar-refractivity contribution in [2.45, 2.75) is 44.2 Å². The van der Waals surface area contributed by atoms with Gasteiger partial charge in [-0.3, -0.25) is 14.7 Å². The standard InChI is InChI=1S/C12H16N4O/c1-12(2)9-10(15-4-3-14-9)16(11(12)17)8-5-7(13)6-8/h3-4,7-8H,5-6,13H2,1-2H3. The molecule has 5 nitrogen and oxygen atoms in total. The van der Waals surface area contributed by atoms with Crippen molar-refractivity contribution >= 4 is 11.7 Å². The van der Waals surface area contributed by atoms with Gasteiger partial charge in [0.05, 0.1) is 11.1 Å². The zero-order valence-corrected chi connectivity index (χ0v) is 10.1. The van der Waals surface area contributed by atoms with Crippen LogP contribution < -0.4 is 10.6 Å². The van der Waals surface area contributed by atoms with Crippen molar-refractivity contribution in [1.82, 2.24) is 9.97 Å². The predicted molar refractivity (Wildman–Crippen MR) is 63.5 cm³/mol. The monoisotopic (exact) mass is 232 g/mol. The van der Waals surface area contributed by atoms with Crippen molar-refractivity contribution in [2.24, 2.45) is 5.73 Å². The van der Waals surface area contributed by atoms with Crippen LogP contribution in [0.2, 0.25) is 0 Å². The Hall–Kier alpha value is -1.49. The Kier molecular flexibility index (Phi) is 2.04. The van der Waals surface area contributed by atoms with E-state index in [1.54, 1.807) is 17.3 Å². The number of anilines is 1. The molecule has 1 saturated carbocycles. The third-order valence-electron chi connectivity index (χ3n) is 3.77. The molecule has 17 heavy (non-hydrogen) atoms. The molecule has 0 aromatic carbocycles. The highest BCUT2D eigenvalue weighted by atomic mass is 16.2. The molecule has 0 unspecified atom stereocenters. The number of hydrogen-bond donors (Lipinski definition) is 1. The minimum absolute atomic E-state index is 0.0931. The zero-order chi connectivity index (χ0) is 12.2. The van der Waals surface area contributed by atoms with Crippen molar-refractivity contribution in [3.8, 4) is 0 Å². The first-order valence-electron chi connectivity index (χ1n) is 5.92. The lowest BCUT2D eigenvalue weighted by Crippen LogP contribution is -2.53. The molecule has 2 N–H and O–H groups in total. The molecule has 0 saturated heterocycles. The molecule has 0 spiro atoms. The second kappa shape index (κ2) is 3.26. The number of nitrogens with zero attached hydrogens (tertiary/aromatic N) is 3. The van der Waals surface area contributed by atoms with Crippen LogP contribution in [0.5, 0.6) is 0 Å². The van der Waals surface area contributed by atoms with E-state index < -0.39 is 5.41 Å². The van der Waals surface area contributed by atoms with E-state index in [9.17, 15) is 4.79 Å².